The second kappa shape index (κ2) is 6.24. The van der Waals surface area contributed by atoms with Crippen molar-refractivity contribution in [2.45, 2.75) is 70.9 Å². The summed E-state index contributed by atoms with van der Waals surface area (Å²) in [6, 6.07) is 0.135. The fraction of sp³-hybridized carbons (Fsp3) is 0.875. The third kappa shape index (κ3) is 4.90. The Bertz CT molecular complexity index is 390. The number of carboxylic acids is 1. The molecule has 2 fully saturated rings. The minimum Gasteiger partial charge on any atom is -0.481 e. The molecule has 0 atom stereocenters. The second-order valence-corrected chi connectivity index (χ2v) is 7.42. The smallest absolute Gasteiger partial charge is 0.410 e. The van der Waals surface area contributed by atoms with Crippen LogP contribution in [0.5, 0.6) is 0 Å². The van der Waals surface area contributed by atoms with E-state index in [2.05, 4.69) is 0 Å². The Labute approximate surface area is 126 Å². The quantitative estimate of drug-likeness (QED) is 0.864. The van der Waals surface area contributed by atoms with Gasteiger partial charge in [-0.25, -0.2) is 4.79 Å². The van der Waals surface area contributed by atoms with E-state index in [9.17, 15) is 9.59 Å². The number of carboxylic acid groups (broad SMARTS) is 1. The van der Waals surface area contributed by atoms with Crippen molar-refractivity contribution >= 4 is 12.1 Å². The summed E-state index contributed by atoms with van der Waals surface area (Å²) in [7, 11) is 0. The molecule has 1 amide bonds. The highest BCUT2D eigenvalue weighted by Crippen LogP contribution is 2.34. The van der Waals surface area contributed by atoms with Crippen LogP contribution in [0.15, 0.2) is 0 Å². The van der Waals surface area contributed by atoms with Crippen LogP contribution >= 0.6 is 0 Å². The molecule has 2 rings (SSSR count). The number of carbonyl (C=O) groups excluding carboxylic acids is 1. The molecule has 2 aliphatic rings. The highest BCUT2D eigenvalue weighted by atomic mass is 16.6. The maximum atomic E-state index is 12.4. The lowest BCUT2D eigenvalue weighted by Gasteiger charge is -2.37. The van der Waals surface area contributed by atoms with E-state index >= 15 is 0 Å². The number of hydrogen-bond donors (Lipinski definition) is 1. The molecule has 2 aliphatic carbocycles. The van der Waals surface area contributed by atoms with Crippen LogP contribution in [-0.4, -0.2) is 40.3 Å². The molecular formula is C16H27NO4. The van der Waals surface area contributed by atoms with Gasteiger partial charge >= 0.3 is 12.1 Å². The lowest BCUT2D eigenvalue weighted by Crippen LogP contribution is -2.46. The molecule has 0 spiro atoms. The molecule has 5 heteroatoms. The van der Waals surface area contributed by atoms with Crippen LogP contribution in [0.1, 0.15) is 59.3 Å². The average Bonchev–Trinajstić information content (AvgIpc) is 3.18. The first-order valence-corrected chi connectivity index (χ1v) is 7.98. The molecule has 0 bridgehead atoms. The monoisotopic (exact) mass is 297 g/mol. The summed E-state index contributed by atoms with van der Waals surface area (Å²) >= 11 is 0. The van der Waals surface area contributed by atoms with E-state index in [1.165, 1.54) is 12.8 Å². The van der Waals surface area contributed by atoms with Gasteiger partial charge in [0, 0.05) is 12.6 Å². The molecule has 0 aromatic carbocycles. The van der Waals surface area contributed by atoms with Crippen molar-refractivity contribution < 1.29 is 19.4 Å². The van der Waals surface area contributed by atoms with E-state index in [1.54, 1.807) is 0 Å². The zero-order valence-electron chi connectivity index (χ0n) is 13.3. The standard InChI is InChI=1S/C16H27NO4/c1-16(2,3)21-15(20)17(10-11-4-5-11)13-8-6-12(7-9-13)14(18)19/h11-13H,4-10H2,1-3H3,(H,18,19). The van der Waals surface area contributed by atoms with E-state index in [4.69, 9.17) is 9.84 Å². The minimum absolute atomic E-state index is 0.135. The van der Waals surface area contributed by atoms with E-state index in [0.717, 1.165) is 19.4 Å². The van der Waals surface area contributed by atoms with Crippen molar-refractivity contribution in [2.75, 3.05) is 6.54 Å². The van der Waals surface area contributed by atoms with Gasteiger partial charge in [0.15, 0.2) is 0 Å². The van der Waals surface area contributed by atoms with Gasteiger partial charge in [0.05, 0.1) is 5.92 Å². The van der Waals surface area contributed by atoms with Crippen molar-refractivity contribution in [1.29, 1.82) is 0 Å². The predicted octanol–water partition coefficient (Wildman–Crippen LogP) is 3.28. The second-order valence-electron chi connectivity index (χ2n) is 7.42. The predicted molar refractivity (Wildman–Crippen MR) is 79.0 cm³/mol. The van der Waals surface area contributed by atoms with Crippen LogP contribution in [-0.2, 0) is 9.53 Å². The van der Waals surface area contributed by atoms with Gasteiger partial charge < -0.3 is 14.7 Å². The van der Waals surface area contributed by atoms with Gasteiger partial charge in [0.2, 0.25) is 0 Å². The number of nitrogens with zero attached hydrogens (tertiary/aromatic N) is 1. The van der Waals surface area contributed by atoms with E-state index in [0.29, 0.717) is 18.8 Å². The van der Waals surface area contributed by atoms with Gasteiger partial charge in [-0.3, -0.25) is 4.79 Å². The average molecular weight is 297 g/mol. The van der Waals surface area contributed by atoms with Crippen LogP contribution in [0.4, 0.5) is 4.79 Å². The first kappa shape index (κ1) is 16.1. The van der Waals surface area contributed by atoms with Crippen LogP contribution in [0.3, 0.4) is 0 Å². The molecule has 21 heavy (non-hydrogen) atoms. The fourth-order valence-electron chi connectivity index (χ4n) is 2.91. The maximum absolute atomic E-state index is 12.4. The molecule has 0 saturated heterocycles. The molecule has 0 aliphatic heterocycles. The number of aliphatic carboxylic acids is 1. The molecule has 1 N–H and O–H groups in total. The summed E-state index contributed by atoms with van der Waals surface area (Å²) in [5, 5.41) is 9.08. The summed E-state index contributed by atoms with van der Waals surface area (Å²) in [5.74, 6) is -0.350. The Balaban J connectivity index is 1.96. The molecule has 0 aromatic heterocycles. The summed E-state index contributed by atoms with van der Waals surface area (Å²) in [5.41, 5.74) is -0.489. The highest BCUT2D eigenvalue weighted by molar-refractivity contribution is 5.70. The Morgan fingerprint density at radius 2 is 1.67 bits per heavy atom. The van der Waals surface area contributed by atoms with Crippen LogP contribution in [0.25, 0.3) is 0 Å². The normalized spacial score (nSPS) is 26.2. The molecule has 0 heterocycles. The van der Waals surface area contributed by atoms with Crippen molar-refractivity contribution in [1.82, 2.24) is 4.90 Å². The van der Waals surface area contributed by atoms with Crippen molar-refractivity contribution in [3.05, 3.63) is 0 Å². The molecule has 120 valence electrons. The van der Waals surface area contributed by atoms with E-state index in [1.807, 2.05) is 25.7 Å². The Morgan fingerprint density at radius 3 is 2.10 bits per heavy atom. The number of hydrogen-bond acceptors (Lipinski definition) is 3. The minimum atomic E-state index is -0.709. The molecular weight excluding hydrogens is 270 g/mol. The molecule has 0 aromatic rings. The number of carbonyl (C=O) groups is 2. The van der Waals surface area contributed by atoms with Crippen molar-refractivity contribution in [3.63, 3.8) is 0 Å². The SMILES string of the molecule is CC(C)(C)OC(=O)N(CC1CC1)C1CCC(C(=O)O)CC1. The molecule has 5 nitrogen and oxygen atoms in total. The first-order valence-electron chi connectivity index (χ1n) is 7.98. The van der Waals surface area contributed by atoms with Gasteiger partial charge in [0.25, 0.3) is 0 Å². The summed E-state index contributed by atoms with van der Waals surface area (Å²) in [6.45, 7) is 6.39. The van der Waals surface area contributed by atoms with Gasteiger partial charge in [-0.2, -0.15) is 0 Å². The zero-order chi connectivity index (χ0) is 15.6. The van der Waals surface area contributed by atoms with Gasteiger partial charge in [-0.1, -0.05) is 0 Å². The van der Waals surface area contributed by atoms with Crippen LogP contribution in [0, 0.1) is 11.8 Å². The zero-order valence-corrected chi connectivity index (χ0v) is 13.3. The van der Waals surface area contributed by atoms with E-state index in [-0.39, 0.29) is 18.1 Å². The third-order valence-electron chi connectivity index (χ3n) is 4.27. The van der Waals surface area contributed by atoms with Crippen LogP contribution < -0.4 is 0 Å². The number of ether oxygens (including phenoxy) is 1. The van der Waals surface area contributed by atoms with Crippen molar-refractivity contribution in [2.24, 2.45) is 11.8 Å². The summed E-state index contributed by atoms with van der Waals surface area (Å²) < 4.78 is 5.53. The lowest BCUT2D eigenvalue weighted by atomic mass is 9.85. The largest absolute Gasteiger partial charge is 0.481 e. The van der Waals surface area contributed by atoms with Crippen molar-refractivity contribution in [3.8, 4) is 0 Å². The Morgan fingerprint density at radius 1 is 1.10 bits per heavy atom. The van der Waals surface area contributed by atoms with E-state index < -0.39 is 11.6 Å². The third-order valence-corrected chi connectivity index (χ3v) is 4.27. The first-order chi connectivity index (χ1) is 9.76. The fourth-order valence-corrected chi connectivity index (χ4v) is 2.91. The Kier molecular flexibility index (Phi) is 4.79. The lowest BCUT2D eigenvalue weighted by molar-refractivity contribution is -0.143. The van der Waals surface area contributed by atoms with Gasteiger partial charge in [0.1, 0.15) is 5.60 Å². The van der Waals surface area contributed by atoms with Gasteiger partial charge in [-0.05, 0) is 65.2 Å². The van der Waals surface area contributed by atoms with Gasteiger partial charge in [-0.15, -0.1) is 0 Å². The molecule has 0 radical (unpaired) electrons. The maximum Gasteiger partial charge on any atom is 0.410 e. The molecule has 2 saturated carbocycles. The number of amides is 1. The highest BCUT2D eigenvalue weighted by Gasteiger charge is 2.36. The molecule has 0 unspecified atom stereocenters. The Hall–Kier alpha value is -1.26. The number of rotatable bonds is 4. The summed E-state index contributed by atoms with van der Waals surface area (Å²) in [4.78, 5) is 25.3. The topological polar surface area (TPSA) is 66.8 Å². The summed E-state index contributed by atoms with van der Waals surface area (Å²) in [6.07, 6.45) is 4.97. The van der Waals surface area contributed by atoms with Crippen LogP contribution in [0.2, 0.25) is 0 Å².